The molecule has 0 aliphatic rings. The van der Waals surface area contributed by atoms with Crippen molar-refractivity contribution < 1.29 is 19.1 Å². The maximum atomic E-state index is 10.7. The summed E-state index contributed by atoms with van der Waals surface area (Å²) < 4.78 is 10.6. The van der Waals surface area contributed by atoms with E-state index in [-0.39, 0.29) is 0 Å². The van der Waals surface area contributed by atoms with Gasteiger partial charge in [-0.3, -0.25) is 0 Å². The first-order valence-corrected chi connectivity index (χ1v) is 4.95. The zero-order valence-electron chi connectivity index (χ0n) is 9.06. The Morgan fingerprint density at radius 3 is 2.94 bits per heavy atom. The molecule has 1 aromatic carbocycles. The van der Waals surface area contributed by atoms with Gasteiger partial charge in [0.2, 0.25) is 0 Å². The lowest BCUT2D eigenvalue weighted by atomic mass is 10.1. The van der Waals surface area contributed by atoms with Gasteiger partial charge in [0.25, 0.3) is 0 Å². The molecule has 0 radical (unpaired) electrons. The zero-order valence-corrected chi connectivity index (χ0v) is 9.06. The molecule has 0 aliphatic carbocycles. The van der Waals surface area contributed by atoms with Gasteiger partial charge < -0.3 is 14.3 Å². The quantitative estimate of drug-likeness (QED) is 0.863. The highest BCUT2D eigenvalue weighted by Crippen LogP contribution is 2.29. The minimum atomic E-state index is -0.999. The summed E-state index contributed by atoms with van der Waals surface area (Å²) in [6.07, 6.45) is 0.665. The molecule has 1 N–H and O–H groups in total. The third kappa shape index (κ3) is 1.86. The van der Waals surface area contributed by atoms with Crippen LogP contribution in [0.1, 0.15) is 12.5 Å². The van der Waals surface area contributed by atoms with Crippen LogP contribution >= 0.6 is 0 Å². The summed E-state index contributed by atoms with van der Waals surface area (Å²) in [4.78, 5) is 10.7. The molecule has 1 unspecified atom stereocenters. The highest BCUT2D eigenvalue weighted by molar-refractivity contribution is 5.84. The van der Waals surface area contributed by atoms with E-state index in [1.165, 1.54) is 6.92 Å². The number of aliphatic carboxylic acids is 1. The van der Waals surface area contributed by atoms with E-state index < -0.39 is 12.1 Å². The lowest BCUT2D eigenvalue weighted by Crippen LogP contribution is -2.22. The highest BCUT2D eigenvalue weighted by Gasteiger charge is 2.15. The number of benzene rings is 1. The Hall–Kier alpha value is -1.97. The van der Waals surface area contributed by atoms with E-state index in [2.05, 4.69) is 0 Å². The summed E-state index contributed by atoms with van der Waals surface area (Å²) in [5, 5.41) is 9.69. The van der Waals surface area contributed by atoms with E-state index in [1.807, 2.05) is 19.1 Å². The lowest BCUT2D eigenvalue weighted by Gasteiger charge is -2.11. The molecule has 2 rings (SSSR count). The average molecular weight is 220 g/mol. The molecule has 16 heavy (non-hydrogen) atoms. The van der Waals surface area contributed by atoms with Crippen molar-refractivity contribution in [2.75, 3.05) is 0 Å². The van der Waals surface area contributed by atoms with Gasteiger partial charge in [-0.1, -0.05) is 0 Å². The molecule has 1 heterocycles. The van der Waals surface area contributed by atoms with Crippen LogP contribution in [0.5, 0.6) is 5.75 Å². The molecule has 4 heteroatoms. The minimum absolute atomic E-state index is 0.468. The monoisotopic (exact) mass is 220 g/mol. The first kappa shape index (κ1) is 10.5. The molecule has 0 amide bonds. The van der Waals surface area contributed by atoms with E-state index >= 15 is 0 Å². The molecule has 4 nitrogen and oxygen atoms in total. The SMILES string of the molecule is Cc1cc(OC(C)C(=O)O)c2occc2c1. The van der Waals surface area contributed by atoms with Gasteiger partial charge in [0.05, 0.1) is 6.26 Å². The summed E-state index contributed by atoms with van der Waals surface area (Å²) in [5.41, 5.74) is 1.58. The summed E-state index contributed by atoms with van der Waals surface area (Å²) >= 11 is 0. The molecule has 84 valence electrons. The number of furan rings is 1. The maximum absolute atomic E-state index is 10.7. The molecule has 0 aliphatic heterocycles. The number of fused-ring (bicyclic) bond motifs is 1. The number of hydrogen-bond acceptors (Lipinski definition) is 3. The van der Waals surface area contributed by atoms with Gasteiger partial charge in [-0.15, -0.1) is 0 Å². The van der Waals surface area contributed by atoms with Crippen LogP contribution in [-0.2, 0) is 4.79 Å². The Labute approximate surface area is 92.4 Å². The van der Waals surface area contributed by atoms with Gasteiger partial charge in [-0.2, -0.15) is 0 Å². The van der Waals surface area contributed by atoms with Crippen molar-refractivity contribution in [1.29, 1.82) is 0 Å². The summed E-state index contributed by atoms with van der Waals surface area (Å²) in [5.74, 6) is -0.531. The predicted molar refractivity (Wildman–Crippen MR) is 58.7 cm³/mol. The Morgan fingerprint density at radius 1 is 1.50 bits per heavy atom. The summed E-state index contributed by atoms with van der Waals surface area (Å²) in [7, 11) is 0. The molecule has 2 aromatic rings. The minimum Gasteiger partial charge on any atom is -0.479 e. The molecule has 0 bridgehead atoms. The number of aryl methyl sites for hydroxylation is 1. The Bertz CT molecular complexity index is 527. The van der Waals surface area contributed by atoms with Crippen LogP contribution in [-0.4, -0.2) is 17.2 Å². The Kier molecular flexibility index (Phi) is 2.56. The highest BCUT2D eigenvalue weighted by atomic mass is 16.5. The molecular weight excluding hydrogens is 208 g/mol. The van der Waals surface area contributed by atoms with Crippen LogP contribution < -0.4 is 4.74 Å². The molecule has 0 spiro atoms. The number of ether oxygens (including phenoxy) is 1. The number of carboxylic acids is 1. The van der Waals surface area contributed by atoms with Gasteiger partial charge >= 0.3 is 5.97 Å². The number of rotatable bonds is 3. The number of carbonyl (C=O) groups is 1. The predicted octanol–water partition coefficient (Wildman–Crippen LogP) is 2.59. The standard InChI is InChI=1S/C12H12O4/c1-7-5-9-3-4-15-11(9)10(6-7)16-8(2)12(13)14/h3-6,8H,1-2H3,(H,13,14). The molecular formula is C12H12O4. The third-order valence-electron chi connectivity index (χ3n) is 2.31. The summed E-state index contributed by atoms with van der Waals surface area (Å²) in [6.45, 7) is 3.41. The lowest BCUT2D eigenvalue weighted by molar-refractivity contribution is -0.144. The van der Waals surface area contributed by atoms with Crippen molar-refractivity contribution in [1.82, 2.24) is 0 Å². The van der Waals surface area contributed by atoms with Gasteiger partial charge in [0.1, 0.15) is 0 Å². The van der Waals surface area contributed by atoms with Crippen molar-refractivity contribution in [3.05, 3.63) is 30.0 Å². The molecule has 1 aromatic heterocycles. The first-order valence-electron chi connectivity index (χ1n) is 4.95. The molecule has 0 fully saturated rings. The van der Waals surface area contributed by atoms with Crippen molar-refractivity contribution in [3.8, 4) is 5.75 Å². The first-order chi connectivity index (χ1) is 7.58. The van der Waals surface area contributed by atoms with Crippen molar-refractivity contribution in [2.45, 2.75) is 20.0 Å². The van der Waals surface area contributed by atoms with Gasteiger partial charge in [0.15, 0.2) is 17.4 Å². The van der Waals surface area contributed by atoms with Crippen LogP contribution in [0.15, 0.2) is 28.9 Å². The molecule has 0 saturated carbocycles. The van der Waals surface area contributed by atoms with Crippen LogP contribution in [0, 0.1) is 6.92 Å². The van der Waals surface area contributed by atoms with Crippen LogP contribution in [0.25, 0.3) is 11.0 Å². The van der Waals surface area contributed by atoms with Gasteiger partial charge in [-0.05, 0) is 37.6 Å². The van der Waals surface area contributed by atoms with Crippen molar-refractivity contribution >= 4 is 16.9 Å². The van der Waals surface area contributed by atoms with E-state index in [9.17, 15) is 4.79 Å². The normalized spacial score (nSPS) is 12.6. The fourth-order valence-electron chi connectivity index (χ4n) is 1.52. The largest absolute Gasteiger partial charge is 0.479 e. The second-order valence-electron chi connectivity index (χ2n) is 3.70. The van der Waals surface area contributed by atoms with Gasteiger partial charge in [0, 0.05) is 5.39 Å². The average Bonchev–Trinajstić information content (AvgIpc) is 2.65. The topological polar surface area (TPSA) is 59.7 Å². The van der Waals surface area contributed by atoms with E-state index in [0.717, 1.165) is 10.9 Å². The fourth-order valence-corrected chi connectivity index (χ4v) is 1.52. The van der Waals surface area contributed by atoms with Crippen LogP contribution in [0.3, 0.4) is 0 Å². The number of hydrogen-bond donors (Lipinski definition) is 1. The van der Waals surface area contributed by atoms with Crippen molar-refractivity contribution in [2.24, 2.45) is 0 Å². The molecule has 1 atom stereocenters. The van der Waals surface area contributed by atoms with Crippen LogP contribution in [0.4, 0.5) is 0 Å². The van der Waals surface area contributed by atoms with Crippen LogP contribution in [0.2, 0.25) is 0 Å². The molecule has 0 saturated heterocycles. The smallest absolute Gasteiger partial charge is 0.344 e. The van der Waals surface area contributed by atoms with Gasteiger partial charge in [-0.25, -0.2) is 4.79 Å². The van der Waals surface area contributed by atoms with E-state index in [0.29, 0.717) is 11.3 Å². The Morgan fingerprint density at radius 2 is 2.25 bits per heavy atom. The van der Waals surface area contributed by atoms with Crippen molar-refractivity contribution in [3.63, 3.8) is 0 Å². The van der Waals surface area contributed by atoms with E-state index in [4.69, 9.17) is 14.3 Å². The van der Waals surface area contributed by atoms with E-state index in [1.54, 1.807) is 12.3 Å². The second kappa shape index (κ2) is 3.89. The second-order valence-corrected chi connectivity index (χ2v) is 3.70. The maximum Gasteiger partial charge on any atom is 0.344 e. The number of carboxylic acid groups (broad SMARTS) is 1. The summed E-state index contributed by atoms with van der Waals surface area (Å²) in [6, 6.07) is 5.54. The fraction of sp³-hybridized carbons (Fsp3) is 0.250. The zero-order chi connectivity index (χ0) is 11.7. The third-order valence-corrected chi connectivity index (χ3v) is 2.31. The Balaban J connectivity index is 2.42.